The van der Waals surface area contributed by atoms with Gasteiger partial charge in [-0.2, -0.15) is 0 Å². The first kappa shape index (κ1) is 15.6. The first-order valence-corrected chi connectivity index (χ1v) is 7.46. The van der Waals surface area contributed by atoms with Crippen LogP contribution in [0.4, 0.5) is 11.4 Å². The Bertz CT molecular complexity index is 487. The molecule has 1 aromatic carbocycles. The lowest BCUT2D eigenvalue weighted by molar-refractivity contribution is -0.384. The molecule has 0 bridgehead atoms. The molecule has 116 valence electrons. The van der Waals surface area contributed by atoms with Crippen molar-refractivity contribution in [3.63, 3.8) is 0 Å². The lowest BCUT2D eigenvalue weighted by Crippen LogP contribution is -2.38. The summed E-state index contributed by atoms with van der Waals surface area (Å²) >= 11 is 0. The molecule has 1 aliphatic heterocycles. The van der Waals surface area contributed by atoms with Crippen LogP contribution >= 0.6 is 0 Å². The standard InChI is InChI=1S/C15H23N3O3/c1-3-9-17(11-12-5-4-8-16-12)14-7-6-13(21-2)10-15(14)18(19)20/h6-7,10,12,16H,3-5,8-9,11H2,1-2H3. The van der Waals surface area contributed by atoms with Crippen molar-refractivity contribution in [2.45, 2.75) is 32.2 Å². The molecule has 0 spiro atoms. The molecule has 0 radical (unpaired) electrons. The number of ether oxygens (including phenoxy) is 1. The fourth-order valence-corrected chi connectivity index (χ4v) is 2.80. The van der Waals surface area contributed by atoms with Gasteiger partial charge in [-0.25, -0.2) is 0 Å². The van der Waals surface area contributed by atoms with Gasteiger partial charge in [0.25, 0.3) is 5.69 Å². The van der Waals surface area contributed by atoms with Crippen LogP contribution in [0, 0.1) is 10.1 Å². The summed E-state index contributed by atoms with van der Waals surface area (Å²) in [5.74, 6) is 0.515. The largest absolute Gasteiger partial charge is 0.496 e. The van der Waals surface area contributed by atoms with Crippen LogP contribution in [0.3, 0.4) is 0 Å². The number of nitro groups is 1. The molecule has 6 heteroatoms. The van der Waals surface area contributed by atoms with Crippen molar-refractivity contribution in [3.8, 4) is 5.75 Å². The van der Waals surface area contributed by atoms with Gasteiger partial charge in [0.15, 0.2) is 0 Å². The van der Waals surface area contributed by atoms with E-state index in [2.05, 4.69) is 17.1 Å². The van der Waals surface area contributed by atoms with E-state index >= 15 is 0 Å². The Morgan fingerprint density at radius 1 is 1.52 bits per heavy atom. The van der Waals surface area contributed by atoms with Crippen molar-refractivity contribution in [1.29, 1.82) is 0 Å². The topological polar surface area (TPSA) is 67.6 Å². The van der Waals surface area contributed by atoms with Crippen LogP contribution in [0.5, 0.6) is 5.75 Å². The highest BCUT2D eigenvalue weighted by Gasteiger charge is 2.24. The van der Waals surface area contributed by atoms with E-state index in [4.69, 9.17) is 4.74 Å². The minimum Gasteiger partial charge on any atom is -0.496 e. The van der Waals surface area contributed by atoms with Crippen LogP contribution in [-0.4, -0.2) is 37.7 Å². The number of hydrogen-bond acceptors (Lipinski definition) is 5. The van der Waals surface area contributed by atoms with E-state index in [0.717, 1.165) is 32.5 Å². The number of nitrogens with zero attached hydrogens (tertiary/aromatic N) is 2. The summed E-state index contributed by atoms with van der Waals surface area (Å²) in [5, 5.41) is 14.8. The minimum atomic E-state index is -0.331. The fourth-order valence-electron chi connectivity index (χ4n) is 2.80. The van der Waals surface area contributed by atoms with Crippen molar-refractivity contribution >= 4 is 11.4 Å². The second-order valence-electron chi connectivity index (χ2n) is 5.35. The van der Waals surface area contributed by atoms with Gasteiger partial charge in [-0.3, -0.25) is 10.1 Å². The minimum absolute atomic E-state index is 0.112. The Labute approximate surface area is 125 Å². The molecule has 0 aromatic heterocycles. The quantitative estimate of drug-likeness (QED) is 0.618. The maximum Gasteiger partial charge on any atom is 0.296 e. The zero-order valence-corrected chi connectivity index (χ0v) is 12.7. The number of rotatable bonds is 7. The summed E-state index contributed by atoms with van der Waals surface area (Å²) in [6, 6.07) is 5.49. The molecule has 1 aliphatic rings. The summed E-state index contributed by atoms with van der Waals surface area (Å²) in [7, 11) is 1.52. The molecule has 0 amide bonds. The van der Waals surface area contributed by atoms with Gasteiger partial charge >= 0.3 is 0 Å². The smallest absolute Gasteiger partial charge is 0.296 e. The van der Waals surface area contributed by atoms with E-state index in [9.17, 15) is 10.1 Å². The average molecular weight is 293 g/mol. The number of methoxy groups -OCH3 is 1. The van der Waals surface area contributed by atoms with Crippen LogP contribution in [0.1, 0.15) is 26.2 Å². The van der Waals surface area contributed by atoms with E-state index in [0.29, 0.717) is 17.5 Å². The third kappa shape index (κ3) is 3.85. The molecule has 1 saturated heterocycles. The number of nitrogens with one attached hydrogen (secondary N) is 1. The normalized spacial score (nSPS) is 17.7. The second kappa shape index (κ2) is 7.26. The van der Waals surface area contributed by atoms with E-state index in [-0.39, 0.29) is 10.6 Å². The lowest BCUT2D eigenvalue weighted by Gasteiger charge is -2.27. The van der Waals surface area contributed by atoms with E-state index in [1.54, 1.807) is 12.1 Å². The van der Waals surface area contributed by atoms with Gasteiger partial charge in [0, 0.05) is 19.1 Å². The Hall–Kier alpha value is -1.82. The van der Waals surface area contributed by atoms with Crippen molar-refractivity contribution < 1.29 is 9.66 Å². The number of anilines is 1. The first-order chi connectivity index (χ1) is 10.2. The van der Waals surface area contributed by atoms with E-state index < -0.39 is 0 Å². The van der Waals surface area contributed by atoms with Gasteiger partial charge in [0.2, 0.25) is 0 Å². The Morgan fingerprint density at radius 2 is 2.33 bits per heavy atom. The summed E-state index contributed by atoms with van der Waals surface area (Å²) in [5.41, 5.74) is 0.789. The number of hydrogen-bond donors (Lipinski definition) is 1. The highest BCUT2D eigenvalue weighted by Crippen LogP contribution is 2.32. The van der Waals surface area contributed by atoms with Gasteiger partial charge in [0.1, 0.15) is 11.4 Å². The molecule has 1 unspecified atom stereocenters. The first-order valence-electron chi connectivity index (χ1n) is 7.46. The lowest BCUT2D eigenvalue weighted by atomic mass is 10.1. The molecule has 1 atom stereocenters. The molecular weight excluding hydrogens is 270 g/mol. The molecule has 21 heavy (non-hydrogen) atoms. The van der Waals surface area contributed by atoms with E-state index in [1.807, 2.05) is 0 Å². The highest BCUT2D eigenvalue weighted by atomic mass is 16.6. The molecule has 1 aromatic rings. The maximum absolute atomic E-state index is 11.3. The Kier molecular flexibility index (Phi) is 5.38. The molecule has 1 fully saturated rings. The number of benzene rings is 1. The fraction of sp³-hybridized carbons (Fsp3) is 0.600. The van der Waals surface area contributed by atoms with Crippen LogP contribution in [-0.2, 0) is 0 Å². The van der Waals surface area contributed by atoms with Crippen LogP contribution < -0.4 is 15.0 Å². The van der Waals surface area contributed by atoms with Crippen molar-refractivity contribution in [2.75, 3.05) is 31.6 Å². The molecular formula is C15H23N3O3. The maximum atomic E-state index is 11.3. The van der Waals surface area contributed by atoms with Gasteiger partial charge in [-0.1, -0.05) is 6.92 Å². The third-order valence-electron chi connectivity index (χ3n) is 3.82. The average Bonchev–Trinajstić information content (AvgIpc) is 2.99. The van der Waals surface area contributed by atoms with Gasteiger partial charge in [-0.15, -0.1) is 0 Å². The summed E-state index contributed by atoms with van der Waals surface area (Å²) in [6.45, 7) is 4.74. The summed E-state index contributed by atoms with van der Waals surface area (Å²) in [4.78, 5) is 13.1. The monoisotopic (exact) mass is 293 g/mol. The SMILES string of the molecule is CCCN(CC1CCCN1)c1ccc(OC)cc1[N+](=O)[O-]. The predicted molar refractivity (Wildman–Crippen MR) is 83.2 cm³/mol. The van der Waals surface area contributed by atoms with Crippen LogP contribution in [0.15, 0.2) is 18.2 Å². The number of nitro benzene ring substituents is 1. The van der Waals surface area contributed by atoms with Crippen molar-refractivity contribution in [3.05, 3.63) is 28.3 Å². The molecule has 2 rings (SSSR count). The van der Waals surface area contributed by atoms with Crippen LogP contribution in [0.2, 0.25) is 0 Å². The van der Waals surface area contributed by atoms with Crippen molar-refractivity contribution in [1.82, 2.24) is 5.32 Å². The summed E-state index contributed by atoms with van der Waals surface area (Å²) < 4.78 is 5.10. The zero-order valence-electron chi connectivity index (χ0n) is 12.7. The Morgan fingerprint density at radius 3 is 2.90 bits per heavy atom. The molecule has 6 nitrogen and oxygen atoms in total. The Balaban J connectivity index is 2.27. The zero-order chi connectivity index (χ0) is 15.2. The predicted octanol–water partition coefficient (Wildman–Crippen LogP) is 2.57. The molecule has 1 N–H and O–H groups in total. The molecule has 0 saturated carbocycles. The van der Waals surface area contributed by atoms with Crippen molar-refractivity contribution in [2.24, 2.45) is 0 Å². The second-order valence-corrected chi connectivity index (χ2v) is 5.35. The van der Waals surface area contributed by atoms with Gasteiger partial charge in [0.05, 0.1) is 18.1 Å². The summed E-state index contributed by atoms with van der Waals surface area (Å²) in [6.07, 6.45) is 3.26. The highest BCUT2D eigenvalue weighted by molar-refractivity contribution is 5.65. The molecule has 0 aliphatic carbocycles. The van der Waals surface area contributed by atoms with Gasteiger partial charge in [-0.05, 0) is 37.9 Å². The molecule has 1 heterocycles. The third-order valence-corrected chi connectivity index (χ3v) is 3.82. The van der Waals surface area contributed by atoms with E-state index in [1.165, 1.54) is 19.6 Å². The van der Waals surface area contributed by atoms with Crippen LogP contribution in [0.25, 0.3) is 0 Å². The van der Waals surface area contributed by atoms with Gasteiger partial charge < -0.3 is 15.0 Å².